The number of urea groups is 1. The molecule has 3 aromatic rings. The lowest BCUT2D eigenvalue weighted by Crippen LogP contribution is -2.19. The largest absolute Gasteiger partial charge is 0.369 e. The highest BCUT2D eigenvalue weighted by atomic mass is 16.3. The van der Waals surface area contributed by atoms with Crippen LogP contribution in [0, 0.1) is 0 Å². The van der Waals surface area contributed by atoms with Crippen LogP contribution in [-0.2, 0) is 0 Å². The maximum absolute atomic E-state index is 11.0. The number of amides is 2. The molecule has 0 bridgehead atoms. The zero-order valence-corrected chi connectivity index (χ0v) is 12.7. The fourth-order valence-corrected chi connectivity index (χ4v) is 3.04. The Balaban J connectivity index is 1.80. The van der Waals surface area contributed by atoms with Crippen LogP contribution >= 0.6 is 0 Å². The van der Waals surface area contributed by atoms with E-state index in [-0.39, 0.29) is 0 Å². The van der Waals surface area contributed by atoms with Gasteiger partial charge in [0, 0.05) is 45.2 Å². The summed E-state index contributed by atoms with van der Waals surface area (Å²) in [5.74, 6) is 0. The molecule has 6 N–H and O–H groups in total. The molecule has 1 aliphatic rings. The molecule has 4 rings (SSSR count). The van der Waals surface area contributed by atoms with Crippen molar-refractivity contribution in [3.8, 4) is 0 Å². The van der Waals surface area contributed by atoms with Crippen LogP contribution in [0.3, 0.4) is 0 Å². The van der Waals surface area contributed by atoms with Gasteiger partial charge in [0.1, 0.15) is 0 Å². The van der Waals surface area contributed by atoms with Gasteiger partial charge in [-0.2, -0.15) is 0 Å². The number of anilines is 2. The van der Waals surface area contributed by atoms with Crippen LogP contribution in [0.1, 0.15) is 11.1 Å². The number of hydrogen-bond acceptors (Lipinski definition) is 3. The molecule has 6 nitrogen and oxygen atoms in total. The number of H-pyrrole nitrogens is 1. The van der Waals surface area contributed by atoms with E-state index in [4.69, 9.17) is 5.73 Å². The third kappa shape index (κ3) is 2.39. The number of benzene rings is 2. The van der Waals surface area contributed by atoms with Crippen LogP contribution in [0.15, 0.2) is 48.7 Å². The normalized spacial score (nSPS) is 17.7. The van der Waals surface area contributed by atoms with Crippen LogP contribution < -0.4 is 16.4 Å². The third-order valence-electron chi connectivity index (χ3n) is 4.12. The fourth-order valence-electron chi connectivity index (χ4n) is 3.04. The minimum Gasteiger partial charge on any atom is -0.369 e. The number of aliphatic hydroxyl groups is 1. The van der Waals surface area contributed by atoms with Gasteiger partial charge in [-0.25, -0.2) is 4.79 Å². The van der Waals surface area contributed by atoms with Gasteiger partial charge in [-0.1, -0.05) is 18.2 Å². The van der Waals surface area contributed by atoms with Crippen LogP contribution in [0.5, 0.6) is 0 Å². The first kappa shape index (κ1) is 14.3. The molecule has 1 aliphatic heterocycles. The highest BCUT2D eigenvalue weighted by Crippen LogP contribution is 2.38. The Bertz CT molecular complexity index is 974. The molecule has 24 heavy (non-hydrogen) atoms. The van der Waals surface area contributed by atoms with E-state index in [1.165, 1.54) is 0 Å². The number of aromatic nitrogens is 1. The minimum atomic E-state index is -0.808. The Kier molecular flexibility index (Phi) is 3.25. The molecular weight excluding hydrogens is 304 g/mol. The van der Waals surface area contributed by atoms with Crippen molar-refractivity contribution in [3.63, 3.8) is 0 Å². The van der Waals surface area contributed by atoms with Crippen molar-refractivity contribution in [3.05, 3.63) is 59.8 Å². The van der Waals surface area contributed by atoms with E-state index >= 15 is 0 Å². The van der Waals surface area contributed by atoms with Gasteiger partial charge in [-0.3, -0.25) is 0 Å². The lowest BCUT2D eigenvalue weighted by Gasteiger charge is -2.06. The summed E-state index contributed by atoms with van der Waals surface area (Å²) >= 11 is 0. The molecule has 0 saturated heterocycles. The number of aromatic amines is 1. The summed E-state index contributed by atoms with van der Waals surface area (Å²) in [6.45, 7) is 0. The molecule has 1 aromatic heterocycles. The summed E-state index contributed by atoms with van der Waals surface area (Å²) in [5, 5.41) is 17.0. The monoisotopic (exact) mass is 320 g/mol. The molecule has 0 aliphatic carbocycles. The van der Waals surface area contributed by atoms with Crippen molar-refractivity contribution in [2.45, 2.75) is 6.23 Å². The van der Waals surface area contributed by atoms with Crippen molar-refractivity contribution >= 4 is 40.0 Å². The predicted octanol–water partition coefficient (Wildman–Crippen LogP) is 2.94. The highest BCUT2D eigenvalue weighted by Gasteiger charge is 2.25. The predicted molar refractivity (Wildman–Crippen MR) is 95.4 cm³/mol. The van der Waals surface area contributed by atoms with Gasteiger partial charge in [0.25, 0.3) is 0 Å². The van der Waals surface area contributed by atoms with Crippen molar-refractivity contribution in [2.24, 2.45) is 5.73 Å². The molecule has 2 heterocycles. The molecule has 0 saturated carbocycles. The number of rotatable bonds is 2. The van der Waals surface area contributed by atoms with Gasteiger partial charge in [0.05, 0.1) is 0 Å². The van der Waals surface area contributed by atoms with Gasteiger partial charge in [0.15, 0.2) is 6.23 Å². The number of nitrogens with one attached hydrogen (secondary N) is 3. The van der Waals surface area contributed by atoms with Crippen LogP contribution in [-0.4, -0.2) is 22.3 Å². The summed E-state index contributed by atoms with van der Waals surface area (Å²) in [6, 6.07) is 12.7. The number of hydrogen-bond donors (Lipinski definition) is 5. The van der Waals surface area contributed by atoms with Crippen molar-refractivity contribution in [1.29, 1.82) is 0 Å². The molecule has 0 spiro atoms. The molecule has 2 aromatic carbocycles. The number of carbonyl (C=O) groups is 1. The maximum Gasteiger partial charge on any atom is 0.316 e. The first-order chi connectivity index (χ1) is 11.6. The van der Waals surface area contributed by atoms with E-state index in [0.29, 0.717) is 5.69 Å². The van der Waals surface area contributed by atoms with E-state index in [2.05, 4.69) is 15.6 Å². The molecule has 6 heteroatoms. The summed E-state index contributed by atoms with van der Waals surface area (Å²) < 4.78 is 0. The first-order valence-corrected chi connectivity index (χ1v) is 7.55. The third-order valence-corrected chi connectivity index (χ3v) is 4.12. The second-order valence-electron chi connectivity index (χ2n) is 5.69. The Morgan fingerprint density at radius 1 is 1.25 bits per heavy atom. The molecule has 1 unspecified atom stereocenters. The smallest absolute Gasteiger partial charge is 0.316 e. The number of nitrogens with two attached hydrogens (primary N) is 1. The second-order valence-corrected chi connectivity index (χ2v) is 5.69. The van der Waals surface area contributed by atoms with Gasteiger partial charge in [-0.05, 0) is 30.3 Å². The first-order valence-electron chi connectivity index (χ1n) is 7.55. The highest BCUT2D eigenvalue weighted by molar-refractivity contribution is 6.00. The standard InChI is InChI=1S/C18H16N4O2/c19-18(24)21-11-5-6-16-13(8-11)14(17(23)22-16)7-10-9-20-15-4-2-1-3-12(10)15/h1-9,17,20,22-23H,(H3,19,21,24). The topological polar surface area (TPSA) is 103 Å². The Morgan fingerprint density at radius 3 is 2.92 bits per heavy atom. The van der Waals surface area contributed by atoms with Crippen LogP contribution in [0.25, 0.3) is 22.6 Å². The summed E-state index contributed by atoms with van der Waals surface area (Å²) in [6.07, 6.45) is 3.04. The molecule has 0 radical (unpaired) electrons. The van der Waals surface area contributed by atoms with Crippen LogP contribution in [0.4, 0.5) is 16.2 Å². The zero-order chi connectivity index (χ0) is 16.7. The Labute approximate surface area is 138 Å². The molecule has 1 atom stereocenters. The molecule has 120 valence electrons. The lowest BCUT2D eigenvalue weighted by atomic mass is 10.0. The van der Waals surface area contributed by atoms with E-state index in [1.807, 2.05) is 36.5 Å². The van der Waals surface area contributed by atoms with Gasteiger partial charge < -0.3 is 26.5 Å². The molecule has 0 fully saturated rings. The van der Waals surface area contributed by atoms with Crippen molar-refractivity contribution < 1.29 is 9.90 Å². The number of fused-ring (bicyclic) bond motifs is 2. The van der Waals surface area contributed by atoms with E-state index in [1.54, 1.807) is 18.2 Å². The average Bonchev–Trinajstić information content (AvgIpc) is 3.09. The summed E-state index contributed by atoms with van der Waals surface area (Å²) in [7, 11) is 0. The quantitative estimate of drug-likeness (QED) is 0.501. The number of para-hydroxylation sites is 1. The molecule has 2 amide bonds. The maximum atomic E-state index is 11.0. The van der Waals surface area contributed by atoms with E-state index < -0.39 is 12.3 Å². The number of primary amides is 1. The zero-order valence-electron chi connectivity index (χ0n) is 12.7. The Hall–Kier alpha value is -3.25. The molecular formula is C18H16N4O2. The van der Waals surface area contributed by atoms with Gasteiger partial charge in [-0.15, -0.1) is 0 Å². The fraction of sp³-hybridized carbons (Fsp3) is 0.0556. The Morgan fingerprint density at radius 2 is 2.08 bits per heavy atom. The number of carbonyl (C=O) groups excluding carboxylic acids is 1. The SMILES string of the molecule is NC(=O)Nc1ccc2c(c1)C(=Cc1c[nH]c3ccccc13)C(O)N2. The van der Waals surface area contributed by atoms with E-state index in [0.717, 1.165) is 33.3 Å². The lowest BCUT2D eigenvalue weighted by molar-refractivity contribution is 0.259. The average molecular weight is 320 g/mol. The van der Waals surface area contributed by atoms with Gasteiger partial charge >= 0.3 is 6.03 Å². The van der Waals surface area contributed by atoms with Crippen molar-refractivity contribution in [1.82, 2.24) is 4.98 Å². The van der Waals surface area contributed by atoms with E-state index in [9.17, 15) is 9.90 Å². The van der Waals surface area contributed by atoms with Gasteiger partial charge in [0.2, 0.25) is 0 Å². The minimum absolute atomic E-state index is 0.585. The summed E-state index contributed by atoms with van der Waals surface area (Å²) in [4.78, 5) is 14.3. The van der Waals surface area contributed by atoms with Crippen LogP contribution in [0.2, 0.25) is 0 Å². The number of aliphatic hydroxyl groups excluding tert-OH is 1. The second kappa shape index (κ2) is 5.43. The summed E-state index contributed by atoms with van der Waals surface area (Å²) in [5.41, 5.74) is 10.2. The van der Waals surface area contributed by atoms with Crippen molar-refractivity contribution in [2.75, 3.05) is 10.6 Å².